The Morgan fingerprint density at radius 1 is 1.25 bits per heavy atom. The Bertz CT molecular complexity index is 467. The van der Waals surface area contributed by atoms with Crippen LogP contribution in [-0.2, 0) is 4.74 Å². The van der Waals surface area contributed by atoms with Crippen LogP contribution >= 0.6 is 23.2 Å². The molecule has 0 saturated carbocycles. The average molecular weight is 318 g/mol. The summed E-state index contributed by atoms with van der Waals surface area (Å²) in [5.41, 5.74) is 0.124. The van der Waals surface area contributed by atoms with Crippen LogP contribution in [0, 0.1) is 5.41 Å². The minimum atomic E-state index is -0.295. The molecule has 1 aliphatic heterocycles. The van der Waals surface area contributed by atoms with Crippen molar-refractivity contribution in [3.8, 4) is 0 Å². The number of rotatable bonds is 4. The van der Waals surface area contributed by atoms with Crippen LogP contribution < -0.4 is 5.32 Å². The Kier molecular flexibility index (Phi) is 5.27. The van der Waals surface area contributed by atoms with Gasteiger partial charge in [-0.15, -0.1) is 0 Å². The highest BCUT2D eigenvalue weighted by Gasteiger charge is 2.32. The second-order valence-electron chi connectivity index (χ2n) is 5.11. The molecule has 0 atom stereocenters. The van der Waals surface area contributed by atoms with Crippen molar-refractivity contribution < 1.29 is 14.6 Å². The molecule has 1 aromatic carbocycles. The van der Waals surface area contributed by atoms with E-state index in [1.807, 2.05) is 0 Å². The molecular formula is C14H17Cl2NO3. The standard InChI is InChI=1S/C14H17Cl2NO3/c15-11-5-10(6-12(16)7-11)13(19)17-8-14(9-18)1-3-20-4-2-14/h5-7,18H,1-4,8-9H2,(H,17,19). The van der Waals surface area contributed by atoms with Gasteiger partial charge in [0.2, 0.25) is 0 Å². The molecule has 6 heteroatoms. The summed E-state index contributed by atoms with van der Waals surface area (Å²) in [7, 11) is 0. The molecule has 1 aliphatic rings. The Hall–Kier alpha value is -0.810. The number of aliphatic hydroxyl groups is 1. The number of hydrogen-bond donors (Lipinski definition) is 2. The first kappa shape index (κ1) is 15.6. The van der Waals surface area contributed by atoms with Crippen LogP contribution in [0.2, 0.25) is 10.0 Å². The molecule has 1 saturated heterocycles. The number of halogens is 2. The maximum absolute atomic E-state index is 12.1. The van der Waals surface area contributed by atoms with Crippen molar-refractivity contribution >= 4 is 29.1 Å². The van der Waals surface area contributed by atoms with E-state index in [9.17, 15) is 9.90 Å². The van der Waals surface area contributed by atoms with E-state index in [-0.39, 0.29) is 17.9 Å². The van der Waals surface area contributed by atoms with E-state index in [2.05, 4.69) is 5.32 Å². The third kappa shape index (κ3) is 3.85. The Morgan fingerprint density at radius 3 is 2.40 bits per heavy atom. The molecule has 0 bridgehead atoms. The largest absolute Gasteiger partial charge is 0.396 e. The summed E-state index contributed by atoms with van der Waals surface area (Å²) < 4.78 is 5.29. The van der Waals surface area contributed by atoms with Crippen LogP contribution in [0.1, 0.15) is 23.2 Å². The van der Waals surface area contributed by atoms with E-state index in [0.717, 1.165) is 12.8 Å². The molecule has 0 spiro atoms. The van der Waals surface area contributed by atoms with Crippen molar-refractivity contribution in [1.82, 2.24) is 5.32 Å². The molecule has 0 unspecified atom stereocenters. The van der Waals surface area contributed by atoms with Gasteiger partial charge >= 0.3 is 0 Å². The normalized spacial score (nSPS) is 17.8. The second-order valence-corrected chi connectivity index (χ2v) is 5.98. The number of carbonyl (C=O) groups is 1. The molecule has 1 amide bonds. The molecule has 20 heavy (non-hydrogen) atoms. The summed E-state index contributed by atoms with van der Waals surface area (Å²) in [6.07, 6.45) is 1.47. The monoisotopic (exact) mass is 317 g/mol. The molecule has 4 nitrogen and oxygen atoms in total. The number of nitrogens with one attached hydrogen (secondary N) is 1. The van der Waals surface area contributed by atoms with Gasteiger partial charge < -0.3 is 15.2 Å². The number of aliphatic hydroxyl groups excluding tert-OH is 1. The SMILES string of the molecule is O=C(NCC1(CO)CCOCC1)c1cc(Cl)cc(Cl)c1. The number of benzene rings is 1. The summed E-state index contributed by atoms with van der Waals surface area (Å²) in [5.74, 6) is -0.242. The Morgan fingerprint density at radius 2 is 1.85 bits per heavy atom. The van der Waals surface area contributed by atoms with Crippen LogP contribution in [0.3, 0.4) is 0 Å². The fourth-order valence-electron chi connectivity index (χ4n) is 2.25. The smallest absolute Gasteiger partial charge is 0.251 e. The third-order valence-corrected chi connectivity index (χ3v) is 4.07. The third-order valence-electron chi connectivity index (χ3n) is 3.64. The summed E-state index contributed by atoms with van der Waals surface area (Å²) in [6, 6.07) is 4.71. The molecule has 2 rings (SSSR count). The van der Waals surface area contributed by atoms with E-state index in [0.29, 0.717) is 35.4 Å². The van der Waals surface area contributed by atoms with Gasteiger partial charge in [-0.2, -0.15) is 0 Å². The second kappa shape index (κ2) is 6.76. The van der Waals surface area contributed by atoms with Gasteiger partial charge in [0.05, 0.1) is 6.61 Å². The lowest BCUT2D eigenvalue weighted by Crippen LogP contribution is -2.43. The van der Waals surface area contributed by atoms with Crippen LogP contribution in [0.15, 0.2) is 18.2 Å². The zero-order valence-corrected chi connectivity index (χ0v) is 12.5. The maximum atomic E-state index is 12.1. The van der Waals surface area contributed by atoms with Gasteiger partial charge in [0.1, 0.15) is 0 Å². The van der Waals surface area contributed by atoms with Gasteiger partial charge in [-0.25, -0.2) is 0 Å². The maximum Gasteiger partial charge on any atom is 0.251 e. The molecular weight excluding hydrogens is 301 g/mol. The van der Waals surface area contributed by atoms with Crippen molar-refractivity contribution in [3.63, 3.8) is 0 Å². The number of hydrogen-bond acceptors (Lipinski definition) is 3. The van der Waals surface area contributed by atoms with Gasteiger partial charge in [-0.3, -0.25) is 4.79 Å². The van der Waals surface area contributed by atoms with E-state index in [1.165, 1.54) is 0 Å². The summed E-state index contributed by atoms with van der Waals surface area (Å²) >= 11 is 11.8. The van der Waals surface area contributed by atoms with Crippen molar-refractivity contribution in [3.05, 3.63) is 33.8 Å². The van der Waals surface area contributed by atoms with Crippen LogP contribution in [0.4, 0.5) is 0 Å². The van der Waals surface area contributed by atoms with E-state index in [4.69, 9.17) is 27.9 Å². The van der Waals surface area contributed by atoms with Gasteiger partial charge in [0.15, 0.2) is 0 Å². The lowest BCUT2D eigenvalue weighted by atomic mass is 9.81. The van der Waals surface area contributed by atoms with Gasteiger partial charge in [0.25, 0.3) is 5.91 Å². The molecule has 1 heterocycles. The van der Waals surface area contributed by atoms with E-state index in [1.54, 1.807) is 18.2 Å². The highest BCUT2D eigenvalue weighted by Crippen LogP contribution is 2.29. The number of ether oxygens (including phenoxy) is 1. The lowest BCUT2D eigenvalue weighted by molar-refractivity contribution is -0.0146. The first-order chi connectivity index (χ1) is 9.54. The quantitative estimate of drug-likeness (QED) is 0.897. The predicted molar refractivity (Wildman–Crippen MR) is 78.4 cm³/mol. The first-order valence-corrected chi connectivity index (χ1v) is 7.23. The van der Waals surface area contributed by atoms with Crippen LogP contribution in [0.5, 0.6) is 0 Å². The summed E-state index contributed by atoms with van der Waals surface area (Å²) in [5, 5.41) is 13.3. The molecule has 2 N–H and O–H groups in total. The number of amides is 1. The van der Waals surface area contributed by atoms with Crippen molar-refractivity contribution in [2.45, 2.75) is 12.8 Å². The Labute approximate surface area is 128 Å². The zero-order valence-electron chi connectivity index (χ0n) is 11.0. The molecule has 1 aromatic rings. The fraction of sp³-hybridized carbons (Fsp3) is 0.500. The highest BCUT2D eigenvalue weighted by molar-refractivity contribution is 6.35. The molecule has 1 fully saturated rings. The van der Waals surface area contributed by atoms with Crippen molar-refractivity contribution in [2.75, 3.05) is 26.4 Å². The summed E-state index contributed by atoms with van der Waals surface area (Å²) in [6.45, 7) is 1.67. The van der Waals surface area contributed by atoms with Crippen molar-refractivity contribution in [1.29, 1.82) is 0 Å². The minimum absolute atomic E-state index is 0.0347. The van der Waals surface area contributed by atoms with Crippen molar-refractivity contribution in [2.24, 2.45) is 5.41 Å². The van der Waals surface area contributed by atoms with Crippen LogP contribution in [0.25, 0.3) is 0 Å². The van der Waals surface area contributed by atoms with Crippen LogP contribution in [-0.4, -0.2) is 37.4 Å². The minimum Gasteiger partial charge on any atom is -0.396 e. The zero-order chi connectivity index (χ0) is 14.6. The van der Waals surface area contributed by atoms with Gasteiger partial charge in [0, 0.05) is 40.8 Å². The molecule has 0 aliphatic carbocycles. The lowest BCUT2D eigenvalue weighted by Gasteiger charge is -2.35. The Balaban J connectivity index is 2.00. The van der Waals surface area contributed by atoms with Gasteiger partial charge in [-0.1, -0.05) is 23.2 Å². The molecule has 0 aromatic heterocycles. The van der Waals surface area contributed by atoms with E-state index >= 15 is 0 Å². The topological polar surface area (TPSA) is 58.6 Å². The van der Waals surface area contributed by atoms with E-state index < -0.39 is 0 Å². The highest BCUT2D eigenvalue weighted by atomic mass is 35.5. The predicted octanol–water partition coefficient (Wildman–Crippen LogP) is 2.51. The molecule has 110 valence electrons. The fourth-order valence-corrected chi connectivity index (χ4v) is 2.78. The van der Waals surface area contributed by atoms with Gasteiger partial charge in [-0.05, 0) is 31.0 Å². The number of carbonyl (C=O) groups excluding carboxylic acids is 1. The first-order valence-electron chi connectivity index (χ1n) is 6.48. The summed E-state index contributed by atoms with van der Waals surface area (Å²) in [4.78, 5) is 12.1. The molecule has 0 radical (unpaired) electrons. The average Bonchev–Trinajstić information content (AvgIpc) is 2.45.